The van der Waals surface area contributed by atoms with Crippen LogP contribution in [0.1, 0.15) is 42.4 Å². The molecule has 158 valence electrons. The fourth-order valence-corrected chi connectivity index (χ4v) is 5.00. The second-order valence-corrected chi connectivity index (χ2v) is 8.70. The first kappa shape index (κ1) is 20.6. The van der Waals surface area contributed by atoms with Gasteiger partial charge >= 0.3 is 6.03 Å². The molecule has 0 bridgehead atoms. The van der Waals surface area contributed by atoms with Gasteiger partial charge in [-0.15, -0.1) is 0 Å². The van der Waals surface area contributed by atoms with Crippen molar-refractivity contribution in [3.63, 3.8) is 0 Å². The molecule has 2 aromatic rings. The third-order valence-corrected chi connectivity index (χ3v) is 6.79. The van der Waals surface area contributed by atoms with Gasteiger partial charge in [0.15, 0.2) is 0 Å². The van der Waals surface area contributed by atoms with E-state index in [0.717, 1.165) is 45.3 Å². The molecule has 5 heteroatoms. The second kappa shape index (κ2) is 9.00. The van der Waals surface area contributed by atoms with Crippen LogP contribution < -0.4 is 10.6 Å². The lowest BCUT2D eigenvalue weighted by Gasteiger charge is -2.41. The minimum atomic E-state index is -0.763. The molecule has 1 unspecified atom stereocenters. The van der Waals surface area contributed by atoms with Gasteiger partial charge in [-0.3, -0.25) is 15.0 Å². The number of nitrogens with one attached hydrogen (secondary N) is 2. The van der Waals surface area contributed by atoms with E-state index in [2.05, 4.69) is 58.9 Å². The van der Waals surface area contributed by atoms with Crippen LogP contribution in [0.4, 0.5) is 4.79 Å². The SMILES string of the molecule is Cc1ccccc1CN1CCC(C2(CCCc3ccccc3)NC(=O)NC2=O)CC1. The average molecular weight is 406 g/mol. The molecule has 0 aromatic heterocycles. The second-order valence-electron chi connectivity index (χ2n) is 8.70. The van der Waals surface area contributed by atoms with E-state index >= 15 is 0 Å². The Kier molecular flexibility index (Phi) is 6.18. The molecule has 2 aliphatic heterocycles. The number of urea groups is 1. The molecule has 30 heavy (non-hydrogen) atoms. The van der Waals surface area contributed by atoms with E-state index in [9.17, 15) is 9.59 Å². The molecular formula is C25H31N3O2. The van der Waals surface area contributed by atoms with Crippen molar-refractivity contribution < 1.29 is 9.59 Å². The van der Waals surface area contributed by atoms with Gasteiger partial charge in [0.05, 0.1) is 0 Å². The van der Waals surface area contributed by atoms with Gasteiger partial charge in [-0.2, -0.15) is 0 Å². The lowest BCUT2D eigenvalue weighted by Crippen LogP contribution is -2.56. The average Bonchev–Trinajstić information content (AvgIpc) is 3.05. The monoisotopic (exact) mass is 405 g/mol. The molecule has 3 amide bonds. The molecule has 2 aliphatic rings. The zero-order valence-electron chi connectivity index (χ0n) is 17.7. The van der Waals surface area contributed by atoms with Crippen LogP contribution in [-0.2, 0) is 17.8 Å². The van der Waals surface area contributed by atoms with Crippen LogP contribution >= 0.6 is 0 Å². The number of amides is 3. The minimum absolute atomic E-state index is 0.141. The predicted molar refractivity (Wildman–Crippen MR) is 118 cm³/mol. The van der Waals surface area contributed by atoms with Crippen molar-refractivity contribution in [1.29, 1.82) is 0 Å². The fourth-order valence-electron chi connectivity index (χ4n) is 5.00. The van der Waals surface area contributed by atoms with E-state index in [1.165, 1.54) is 16.7 Å². The lowest BCUT2D eigenvalue weighted by atomic mass is 9.74. The number of hydrogen-bond acceptors (Lipinski definition) is 3. The fraction of sp³-hybridized carbons (Fsp3) is 0.440. The molecular weight excluding hydrogens is 374 g/mol. The maximum Gasteiger partial charge on any atom is 0.322 e. The van der Waals surface area contributed by atoms with E-state index in [1.807, 2.05) is 18.2 Å². The Hall–Kier alpha value is -2.66. The Morgan fingerprint density at radius 2 is 1.70 bits per heavy atom. The molecule has 1 atom stereocenters. The number of benzene rings is 2. The van der Waals surface area contributed by atoms with E-state index in [0.29, 0.717) is 6.42 Å². The van der Waals surface area contributed by atoms with Crippen molar-refractivity contribution >= 4 is 11.9 Å². The first-order chi connectivity index (χ1) is 14.6. The quantitative estimate of drug-likeness (QED) is 0.689. The summed E-state index contributed by atoms with van der Waals surface area (Å²) in [6, 6.07) is 18.5. The maximum atomic E-state index is 12.9. The van der Waals surface area contributed by atoms with Crippen LogP contribution in [0.3, 0.4) is 0 Å². The highest BCUT2D eigenvalue weighted by atomic mass is 16.2. The Labute approximate surface area is 178 Å². The van der Waals surface area contributed by atoms with E-state index in [-0.39, 0.29) is 17.9 Å². The van der Waals surface area contributed by atoms with Gasteiger partial charge in [0.25, 0.3) is 5.91 Å². The standard InChI is InChI=1S/C25H31N3O2/c1-19-8-5-6-12-21(19)18-28-16-13-22(14-17-28)25(23(29)26-24(30)27-25)15-7-11-20-9-3-2-4-10-20/h2-6,8-10,12,22H,7,11,13-18H2,1H3,(H2,26,27,29,30). The molecule has 0 spiro atoms. The van der Waals surface area contributed by atoms with E-state index in [4.69, 9.17) is 0 Å². The number of rotatable bonds is 7. The van der Waals surface area contributed by atoms with Gasteiger partial charge in [-0.05, 0) is 74.7 Å². The van der Waals surface area contributed by atoms with Crippen molar-refractivity contribution in [3.05, 3.63) is 71.3 Å². The van der Waals surface area contributed by atoms with Crippen molar-refractivity contribution in [2.45, 2.75) is 51.1 Å². The Morgan fingerprint density at radius 3 is 2.37 bits per heavy atom. The Morgan fingerprint density at radius 1 is 1.00 bits per heavy atom. The van der Waals surface area contributed by atoms with Crippen LogP contribution in [0.2, 0.25) is 0 Å². The highest BCUT2D eigenvalue weighted by Crippen LogP contribution is 2.35. The number of carbonyl (C=O) groups excluding carboxylic acids is 2. The zero-order chi connectivity index (χ0) is 21.0. The third-order valence-electron chi connectivity index (χ3n) is 6.79. The highest BCUT2D eigenvalue weighted by molar-refractivity contribution is 6.07. The number of likely N-dealkylation sites (tertiary alicyclic amines) is 1. The van der Waals surface area contributed by atoms with Gasteiger partial charge < -0.3 is 5.32 Å². The maximum absolute atomic E-state index is 12.9. The summed E-state index contributed by atoms with van der Waals surface area (Å²) in [5.41, 5.74) is 3.19. The number of nitrogens with zero attached hydrogens (tertiary/aromatic N) is 1. The van der Waals surface area contributed by atoms with Crippen molar-refractivity contribution in [2.75, 3.05) is 13.1 Å². The van der Waals surface area contributed by atoms with Gasteiger partial charge in [0.1, 0.15) is 5.54 Å². The van der Waals surface area contributed by atoms with Crippen molar-refractivity contribution in [1.82, 2.24) is 15.5 Å². The lowest BCUT2D eigenvalue weighted by molar-refractivity contribution is -0.127. The molecule has 2 aromatic carbocycles. The molecule has 5 nitrogen and oxygen atoms in total. The molecule has 0 saturated carbocycles. The van der Waals surface area contributed by atoms with Crippen molar-refractivity contribution in [3.8, 4) is 0 Å². The Balaban J connectivity index is 1.39. The summed E-state index contributed by atoms with van der Waals surface area (Å²) in [5, 5.41) is 5.54. The largest absolute Gasteiger partial charge is 0.323 e. The normalized spacial score (nSPS) is 22.7. The predicted octanol–water partition coefficient (Wildman–Crippen LogP) is 3.81. The van der Waals surface area contributed by atoms with Crippen LogP contribution in [0.5, 0.6) is 0 Å². The molecule has 2 N–H and O–H groups in total. The molecule has 0 aliphatic carbocycles. The topological polar surface area (TPSA) is 61.4 Å². The van der Waals surface area contributed by atoms with Crippen LogP contribution in [-0.4, -0.2) is 35.5 Å². The number of aryl methyl sites for hydroxylation is 2. The number of imide groups is 1. The van der Waals surface area contributed by atoms with Crippen LogP contribution in [0, 0.1) is 12.8 Å². The van der Waals surface area contributed by atoms with Crippen LogP contribution in [0.25, 0.3) is 0 Å². The number of piperidine rings is 1. The molecule has 2 fully saturated rings. The van der Waals surface area contributed by atoms with Gasteiger partial charge in [0.2, 0.25) is 0 Å². The summed E-state index contributed by atoms with van der Waals surface area (Å²) in [6.07, 6.45) is 4.32. The molecule has 2 saturated heterocycles. The van der Waals surface area contributed by atoms with E-state index in [1.54, 1.807) is 0 Å². The number of carbonyl (C=O) groups is 2. The zero-order valence-corrected chi connectivity index (χ0v) is 17.7. The molecule has 2 heterocycles. The highest BCUT2D eigenvalue weighted by Gasteiger charge is 2.51. The smallest absolute Gasteiger partial charge is 0.322 e. The first-order valence-electron chi connectivity index (χ1n) is 11.0. The minimum Gasteiger partial charge on any atom is -0.323 e. The van der Waals surface area contributed by atoms with Gasteiger partial charge in [-0.1, -0.05) is 54.6 Å². The van der Waals surface area contributed by atoms with Gasteiger partial charge in [0, 0.05) is 6.54 Å². The summed E-state index contributed by atoms with van der Waals surface area (Å²) in [4.78, 5) is 27.4. The van der Waals surface area contributed by atoms with Crippen molar-refractivity contribution in [2.24, 2.45) is 5.92 Å². The number of hydrogen-bond donors (Lipinski definition) is 2. The summed E-state index contributed by atoms with van der Waals surface area (Å²) in [6.45, 7) is 4.99. The summed E-state index contributed by atoms with van der Waals surface area (Å²) < 4.78 is 0. The van der Waals surface area contributed by atoms with E-state index < -0.39 is 5.54 Å². The summed E-state index contributed by atoms with van der Waals surface area (Å²) in [7, 11) is 0. The summed E-state index contributed by atoms with van der Waals surface area (Å²) >= 11 is 0. The molecule has 0 radical (unpaired) electrons. The molecule has 4 rings (SSSR count). The first-order valence-corrected chi connectivity index (χ1v) is 11.0. The van der Waals surface area contributed by atoms with Gasteiger partial charge in [-0.25, -0.2) is 4.79 Å². The third kappa shape index (κ3) is 4.41. The Bertz CT molecular complexity index is 890. The summed E-state index contributed by atoms with van der Waals surface area (Å²) in [5.74, 6) is 0.0331. The van der Waals surface area contributed by atoms with Crippen LogP contribution in [0.15, 0.2) is 54.6 Å².